The smallest absolute Gasteiger partial charge is 0.256 e. The first kappa shape index (κ1) is 15.3. The quantitative estimate of drug-likeness (QED) is 0.780. The van der Waals surface area contributed by atoms with E-state index in [-0.39, 0.29) is 17.8 Å². The summed E-state index contributed by atoms with van der Waals surface area (Å²) in [5, 5.41) is 17.3. The zero-order valence-corrected chi connectivity index (χ0v) is 14.5. The summed E-state index contributed by atoms with van der Waals surface area (Å²) in [7, 11) is 1.51. The zero-order chi connectivity index (χ0) is 16.8. The fourth-order valence-electron chi connectivity index (χ4n) is 3.52. The molecular weight excluding hydrogens is 324 g/mol. The Labute approximate surface area is 144 Å². The second kappa shape index (κ2) is 5.70. The molecule has 1 aromatic carbocycles. The van der Waals surface area contributed by atoms with Crippen LogP contribution in [0.1, 0.15) is 45.9 Å². The molecule has 0 saturated heterocycles. The molecule has 2 aliphatic rings. The topological polar surface area (TPSA) is 70.6 Å². The molecular formula is C18H20N2O3S. The van der Waals surface area contributed by atoms with E-state index in [0.29, 0.717) is 11.7 Å². The van der Waals surface area contributed by atoms with Crippen molar-refractivity contribution in [2.24, 2.45) is 5.92 Å². The van der Waals surface area contributed by atoms with Crippen molar-refractivity contribution in [2.75, 3.05) is 12.4 Å². The van der Waals surface area contributed by atoms with Crippen molar-refractivity contribution in [1.82, 2.24) is 5.32 Å². The number of carbonyl (C=O) groups excluding carboxylic acids is 1. The van der Waals surface area contributed by atoms with Crippen LogP contribution in [0.3, 0.4) is 0 Å². The summed E-state index contributed by atoms with van der Waals surface area (Å²) >= 11 is 1.70. The maximum absolute atomic E-state index is 12.7. The molecule has 1 aliphatic carbocycles. The summed E-state index contributed by atoms with van der Waals surface area (Å²) in [5.41, 5.74) is 2.83. The first-order valence-electron chi connectivity index (χ1n) is 8.15. The number of phenolic OH excluding ortho intramolecular Hbond substituents is 1. The maximum Gasteiger partial charge on any atom is 0.256 e. The Balaban J connectivity index is 1.67. The van der Waals surface area contributed by atoms with E-state index in [4.69, 9.17) is 4.74 Å². The number of hydrogen-bond acceptors (Lipinski definition) is 5. The number of carbonyl (C=O) groups is 1. The van der Waals surface area contributed by atoms with Crippen molar-refractivity contribution < 1.29 is 14.6 Å². The molecule has 3 N–H and O–H groups in total. The minimum atomic E-state index is -0.348. The van der Waals surface area contributed by atoms with Gasteiger partial charge in [-0.3, -0.25) is 4.79 Å². The summed E-state index contributed by atoms with van der Waals surface area (Å²) < 4.78 is 5.07. The lowest BCUT2D eigenvalue weighted by atomic mass is 9.88. The summed E-state index contributed by atoms with van der Waals surface area (Å²) in [6.07, 6.45) is 2.82. The van der Waals surface area contributed by atoms with Crippen LogP contribution in [0.15, 0.2) is 18.2 Å². The Morgan fingerprint density at radius 3 is 2.92 bits per heavy atom. The number of hydrogen-bond donors (Lipinski definition) is 3. The normalized spacial score (nSPS) is 22.2. The van der Waals surface area contributed by atoms with Crippen molar-refractivity contribution >= 4 is 22.2 Å². The van der Waals surface area contributed by atoms with E-state index in [1.54, 1.807) is 23.5 Å². The van der Waals surface area contributed by atoms with E-state index in [0.717, 1.165) is 35.4 Å². The number of thiophene rings is 1. The van der Waals surface area contributed by atoms with Gasteiger partial charge < -0.3 is 20.5 Å². The Kier molecular flexibility index (Phi) is 3.64. The van der Waals surface area contributed by atoms with Crippen LogP contribution >= 0.6 is 11.3 Å². The molecule has 0 fully saturated rings. The van der Waals surface area contributed by atoms with Gasteiger partial charge in [-0.25, -0.2) is 0 Å². The average molecular weight is 344 g/mol. The van der Waals surface area contributed by atoms with Gasteiger partial charge in [-0.15, -0.1) is 11.3 Å². The van der Waals surface area contributed by atoms with Gasteiger partial charge in [0.15, 0.2) is 11.5 Å². The highest BCUT2D eigenvalue weighted by molar-refractivity contribution is 7.16. The van der Waals surface area contributed by atoms with E-state index in [1.807, 2.05) is 6.07 Å². The van der Waals surface area contributed by atoms with Gasteiger partial charge in [0.05, 0.1) is 12.7 Å². The first-order chi connectivity index (χ1) is 11.6. The van der Waals surface area contributed by atoms with E-state index >= 15 is 0 Å². The third-order valence-electron chi connectivity index (χ3n) is 4.83. The van der Waals surface area contributed by atoms with Crippen LogP contribution < -0.4 is 15.4 Å². The lowest BCUT2D eigenvalue weighted by Gasteiger charge is -2.27. The van der Waals surface area contributed by atoms with E-state index in [1.165, 1.54) is 17.6 Å². The molecule has 0 bridgehead atoms. The first-order valence-corrected chi connectivity index (χ1v) is 8.97. The highest BCUT2D eigenvalue weighted by Gasteiger charge is 2.33. The lowest BCUT2D eigenvalue weighted by Crippen LogP contribution is -2.38. The van der Waals surface area contributed by atoms with Gasteiger partial charge in [0.25, 0.3) is 5.91 Å². The number of aromatic hydroxyl groups is 1. The van der Waals surface area contributed by atoms with Crippen LogP contribution in [-0.2, 0) is 12.8 Å². The molecule has 1 amide bonds. The molecule has 4 rings (SSSR count). The van der Waals surface area contributed by atoms with Crippen LogP contribution in [0, 0.1) is 5.92 Å². The molecule has 1 aromatic heterocycles. The van der Waals surface area contributed by atoms with Gasteiger partial charge in [-0.05, 0) is 48.4 Å². The Bertz CT molecular complexity index is 815. The molecule has 24 heavy (non-hydrogen) atoms. The zero-order valence-electron chi connectivity index (χ0n) is 13.7. The van der Waals surface area contributed by atoms with Gasteiger partial charge >= 0.3 is 0 Å². The highest BCUT2D eigenvalue weighted by atomic mass is 32.1. The second-order valence-corrected chi connectivity index (χ2v) is 7.64. The minimum Gasteiger partial charge on any atom is -0.504 e. The van der Waals surface area contributed by atoms with Gasteiger partial charge in [0.2, 0.25) is 0 Å². The van der Waals surface area contributed by atoms with Gasteiger partial charge in [0.1, 0.15) is 11.2 Å². The number of ether oxygens (including phenoxy) is 1. The minimum absolute atomic E-state index is 0.0314. The number of benzene rings is 1. The summed E-state index contributed by atoms with van der Waals surface area (Å²) in [5.74, 6) is 1.13. The van der Waals surface area contributed by atoms with E-state index < -0.39 is 0 Å². The number of phenols is 1. The van der Waals surface area contributed by atoms with Gasteiger partial charge in [-0.1, -0.05) is 13.0 Å². The van der Waals surface area contributed by atoms with E-state index in [2.05, 4.69) is 17.6 Å². The second-order valence-electron chi connectivity index (χ2n) is 6.54. The van der Waals surface area contributed by atoms with Crippen LogP contribution in [0.5, 0.6) is 11.5 Å². The fourth-order valence-corrected chi connectivity index (χ4v) is 4.95. The van der Waals surface area contributed by atoms with Crippen molar-refractivity contribution in [1.29, 1.82) is 0 Å². The van der Waals surface area contributed by atoms with Crippen molar-refractivity contribution in [2.45, 2.75) is 32.4 Å². The molecule has 2 aromatic rings. The van der Waals surface area contributed by atoms with Crippen LogP contribution in [0.4, 0.5) is 5.00 Å². The number of rotatable bonds is 2. The Morgan fingerprint density at radius 1 is 1.33 bits per heavy atom. The monoisotopic (exact) mass is 344 g/mol. The van der Waals surface area contributed by atoms with Crippen LogP contribution in [0.2, 0.25) is 0 Å². The third kappa shape index (κ3) is 2.41. The standard InChI is InChI=1S/C18H20N2O3S/c1-9-3-5-11-14(7-9)24-18-15(11)17(22)19-16(20-18)10-4-6-13(23-2)12(21)8-10/h4,6,8-9,16,20-21H,3,5,7H2,1-2H3,(H,19,22)/t9-,16+/m0/s1. The van der Waals surface area contributed by atoms with Crippen LogP contribution in [-0.4, -0.2) is 18.1 Å². The number of amides is 1. The third-order valence-corrected chi connectivity index (χ3v) is 6.01. The summed E-state index contributed by atoms with van der Waals surface area (Å²) in [4.78, 5) is 14.0. The van der Waals surface area contributed by atoms with Crippen LogP contribution in [0.25, 0.3) is 0 Å². The molecule has 0 unspecified atom stereocenters. The predicted molar refractivity (Wildman–Crippen MR) is 94.0 cm³/mol. The molecule has 5 nitrogen and oxygen atoms in total. The molecule has 6 heteroatoms. The Hall–Kier alpha value is -2.21. The van der Waals surface area contributed by atoms with Crippen molar-refractivity contribution in [3.05, 3.63) is 39.8 Å². The molecule has 0 saturated carbocycles. The predicted octanol–water partition coefficient (Wildman–Crippen LogP) is 3.44. The average Bonchev–Trinajstić information content (AvgIpc) is 2.92. The molecule has 2 atom stereocenters. The van der Waals surface area contributed by atoms with Gasteiger partial charge in [0, 0.05) is 4.88 Å². The largest absolute Gasteiger partial charge is 0.504 e. The van der Waals surface area contributed by atoms with Gasteiger partial charge in [-0.2, -0.15) is 0 Å². The molecule has 0 spiro atoms. The number of nitrogens with one attached hydrogen (secondary N) is 2. The fraction of sp³-hybridized carbons (Fsp3) is 0.389. The number of anilines is 1. The van der Waals surface area contributed by atoms with Crippen molar-refractivity contribution in [3.63, 3.8) is 0 Å². The number of methoxy groups -OCH3 is 1. The summed E-state index contributed by atoms with van der Waals surface area (Å²) in [6, 6.07) is 5.17. The number of fused-ring (bicyclic) bond motifs is 3. The SMILES string of the molecule is COc1ccc([C@@H]2NC(=O)c3c(sc4c3CC[C@H](C)C4)N2)cc1O. The highest BCUT2D eigenvalue weighted by Crippen LogP contribution is 2.43. The van der Waals surface area contributed by atoms with E-state index in [9.17, 15) is 9.90 Å². The molecule has 126 valence electrons. The maximum atomic E-state index is 12.7. The molecule has 2 heterocycles. The molecule has 1 aliphatic heterocycles. The lowest BCUT2D eigenvalue weighted by molar-refractivity contribution is 0.0935. The molecule has 0 radical (unpaired) electrons. The van der Waals surface area contributed by atoms with Crippen molar-refractivity contribution in [3.8, 4) is 11.5 Å². The summed E-state index contributed by atoms with van der Waals surface area (Å²) in [6.45, 7) is 2.26. The Morgan fingerprint density at radius 2 is 2.17 bits per heavy atom.